The highest BCUT2D eigenvalue weighted by atomic mass is 35.5. The highest BCUT2D eigenvalue weighted by Crippen LogP contribution is 2.36. The predicted octanol–water partition coefficient (Wildman–Crippen LogP) is 5.17. The van der Waals surface area contributed by atoms with E-state index in [2.05, 4.69) is 9.72 Å². The van der Waals surface area contributed by atoms with Crippen LogP contribution in [0.25, 0.3) is 11.3 Å². The molecule has 0 saturated carbocycles. The average Bonchev–Trinajstić information content (AvgIpc) is 2.48. The largest absolute Gasteiger partial charge is 0.464 e. The molecule has 0 N–H and O–H groups in total. The zero-order valence-corrected chi connectivity index (χ0v) is 13.5. The molecule has 0 aliphatic rings. The van der Waals surface area contributed by atoms with Crippen LogP contribution in [0.5, 0.6) is 0 Å². The quantitative estimate of drug-likeness (QED) is 0.691. The fraction of sp³-hybridized carbons (Fsp3) is 0.200. The zero-order valence-electron chi connectivity index (χ0n) is 12.0. The molecule has 0 radical (unpaired) electrons. The van der Waals surface area contributed by atoms with Crippen LogP contribution < -0.4 is 0 Å². The molecule has 0 saturated heterocycles. The smallest absolute Gasteiger partial charge is 0.416 e. The molecular formula is C15H10Cl2F3NO2. The Bertz CT molecular complexity index is 776. The number of nitrogens with zero attached hydrogens (tertiary/aromatic N) is 1. The molecule has 1 aromatic carbocycles. The number of ether oxygens (including phenoxy) is 1. The number of methoxy groups -OCH3 is 1. The first-order valence-corrected chi connectivity index (χ1v) is 7.03. The van der Waals surface area contributed by atoms with Crippen LogP contribution in [0, 0.1) is 6.92 Å². The Balaban J connectivity index is 2.59. The van der Waals surface area contributed by atoms with Crippen molar-refractivity contribution in [2.45, 2.75) is 13.1 Å². The molecule has 0 atom stereocenters. The van der Waals surface area contributed by atoms with Gasteiger partial charge >= 0.3 is 12.1 Å². The first kappa shape index (κ1) is 17.6. The Morgan fingerprint density at radius 1 is 1.22 bits per heavy atom. The number of carbonyl (C=O) groups is 1. The van der Waals surface area contributed by atoms with Gasteiger partial charge in [-0.2, -0.15) is 13.2 Å². The summed E-state index contributed by atoms with van der Waals surface area (Å²) in [4.78, 5) is 15.7. The summed E-state index contributed by atoms with van der Waals surface area (Å²) in [6, 6.07) is 4.43. The van der Waals surface area contributed by atoms with E-state index in [1.807, 2.05) is 0 Å². The van der Waals surface area contributed by atoms with Crippen LogP contribution >= 0.6 is 23.2 Å². The standard InChI is InChI=1S/C15H10Cl2F3NO2/c1-7-5-11(21-13(12(7)17)14(22)23-2)9-4-3-8(6-10(9)16)15(18,19)20/h3-6H,1-2H3. The van der Waals surface area contributed by atoms with Crippen LogP contribution in [0.4, 0.5) is 13.2 Å². The maximum Gasteiger partial charge on any atom is 0.416 e. The minimum absolute atomic E-state index is 0.114. The second kappa shape index (κ2) is 6.37. The Kier molecular flexibility index (Phi) is 4.87. The van der Waals surface area contributed by atoms with Gasteiger partial charge in [-0.25, -0.2) is 9.78 Å². The molecule has 0 aliphatic heterocycles. The normalized spacial score (nSPS) is 11.4. The van der Waals surface area contributed by atoms with Crippen molar-refractivity contribution in [1.29, 1.82) is 0 Å². The van der Waals surface area contributed by atoms with E-state index in [9.17, 15) is 18.0 Å². The second-order valence-corrected chi connectivity index (χ2v) is 5.46. The molecule has 1 aromatic heterocycles. The molecule has 0 spiro atoms. The van der Waals surface area contributed by atoms with Gasteiger partial charge in [-0.3, -0.25) is 0 Å². The monoisotopic (exact) mass is 363 g/mol. The minimum Gasteiger partial charge on any atom is -0.464 e. The van der Waals surface area contributed by atoms with Gasteiger partial charge in [0.2, 0.25) is 0 Å². The van der Waals surface area contributed by atoms with E-state index in [0.29, 0.717) is 5.56 Å². The SMILES string of the molecule is COC(=O)c1nc(-c2ccc(C(F)(F)F)cc2Cl)cc(C)c1Cl. The number of pyridine rings is 1. The highest BCUT2D eigenvalue weighted by molar-refractivity contribution is 6.34. The van der Waals surface area contributed by atoms with Crippen molar-refractivity contribution < 1.29 is 22.7 Å². The lowest BCUT2D eigenvalue weighted by molar-refractivity contribution is -0.137. The van der Waals surface area contributed by atoms with Crippen molar-refractivity contribution in [1.82, 2.24) is 4.98 Å². The summed E-state index contributed by atoms with van der Waals surface area (Å²) in [5.74, 6) is -0.747. The summed E-state index contributed by atoms with van der Waals surface area (Å²) in [7, 11) is 1.17. The van der Waals surface area contributed by atoms with E-state index in [1.54, 1.807) is 6.92 Å². The third kappa shape index (κ3) is 3.59. The molecule has 0 amide bonds. The third-order valence-electron chi connectivity index (χ3n) is 3.09. The van der Waals surface area contributed by atoms with Crippen LogP contribution in [-0.2, 0) is 10.9 Å². The number of rotatable bonds is 2. The number of hydrogen-bond donors (Lipinski definition) is 0. The fourth-order valence-corrected chi connectivity index (χ4v) is 2.38. The predicted molar refractivity (Wildman–Crippen MR) is 80.8 cm³/mol. The van der Waals surface area contributed by atoms with E-state index in [0.717, 1.165) is 12.1 Å². The van der Waals surface area contributed by atoms with Gasteiger partial charge in [-0.1, -0.05) is 29.3 Å². The van der Waals surface area contributed by atoms with Crippen LogP contribution in [0.1, 0.15) is 21.6 Å². The number of esters is 1. The zero-order chi connectivity index (χ0) is 17.4. The molecule has 0 fully saturated rings. The summed E-state index contributed by atoms with van der Waals surface area (Å²) in [6.07, 6.45) is -4.50. The van der Waals surface area contributed by atoms with Crippen molar-refractivity contribution >= 4 is 29.2 Å². The maximum atomic E-state index is 12.7. The van der Waals surface area contributed by atoms with E-state index in [1.165, 1.54) is 19.2 Å². The number of benzene rings is 1. The number of carbonyl (C=O) groups excluding carboxylic acids is 1. The number of aryl methyl sites for hydroxylation is 1. The topological polar surface area (TPSA) is 39.2 Å². The molecule has 3 nitrogen and oxygen atoms in total. The first-order chi connectivity index (χ1) is 10.6. The number of alkyl halides is 3. The fourth-order valence-electron chi connectivity index (χ4n) is 1.93. The van der Waals surface area contributed by atoms with Gasteiger partial charge in [0.25, 0.3) is 0 Å². The number of hydrogen-bond acceptors (Lipinski definition) is 3. The average molecular weight is 364 g/mol. The third-order valence-corrected chi connectivity index (χ3v) is 3.88. The van der Waals surface area contributed by atoms with Gasteiger partial charge < -0.3 is 4.74 Å². The van der Waals surface area contributed by atoms with E-state index in [4.69, 9.17) is 23.2 Å². The second-order valence-electron chi connectivity index (χ2n) is 4.67. The van der Waals surface area contributed by atoms with Gasteiger partial charge in [0, 0.05) is 5.56 Å². The first-order valence-electron chi connectivity index (χ1n) is 6.27. The summed E-state index contributed by atoms with van der Waals surface area (Å²) in [5.41, 5.74) is 0.00824. The van der Waals surface area contributed by atoms with Gasteiger partial charge in [-0.15, -0.1) is 0 Å². The molecule has 2 aromatic rings. The highest BCUT2D eigenvalue weighted by Gasteiger charge is 2.31. The van der Waals surface area contributed by atoms with Gasteiger partial charge in [0.1, 0.15) is 0 Å². The lowest BCUT2D eigenvalue weighted by Gasteiger charge is -2.12. The maximum absolute atomic E-state index is 12.7. The van der Waals surface area contributed by atoms with Crippen molar-refractivity contribution in [3.63, 3.8) is 0 Å². The summed E-state index contributed by atoms with van der Waals surface area (Å²) < 4.78 is 42.6. The number of halogens is 5. The van der Waals surface area contributed by atoms with Crippen molar-refractivity contribution in [2.75, 3.05) is 7.11 Å². The molecule has 8 heteroatoms. The summed E-state index contributed by atoms with van der Waals surface area (Å²) in [6.45, 7) is 1.64. The van der Waals surface area contributed by atoms with Crippen molar-refractivity contribution in [3.05, 3.63) is 51.1 Å². The number of aromatic nitrogens is 1. The molecule has 122 valence electrons. The van der Waals surface area contributed by atoms with Gasteiger partial charge in [0.15, 0.2) is 5.69 Å². The van der Waals surface area contributed by atoms with Crippen LogP contribution in [-0.4, -0.2) is 18.1 Å². The molecular weight excluding hydrogens is 354 g/mol. The van der Waals surface area contributed by atoms with Crippen LogP contribution in [0.15, 0.2) is 24.3 Å². The van der Waals surface area contributed by atoms with Crippen molar-refractivity contribution in [2.24, 2.45) is 0 Å². The summed E-state index contributed by atoms with van der Waals surface area (Å²) in [5, 5.41) is -0.0199. The van der Waals surface area contributed by atoms with Crippen LogP contribution in [0.3, 0.4) is 0 Å². The van der Waals surface area contributed by atoms with E-state index < -0.39 is 17.7 Å². The molecule has 0 aliphatic carbocycles. The van der Waals surface area contributed by atoms with Gasteiger partial charge in [0.05, 0.1) is 28.4 Å². The lowest BCUT2D eigenvalue weighted by atomic mass is 10.1. The molecule has 2 rings (SSSR count). The van der Waals surface area contributed by atoms with E-state index in [-0.39, 0.29) is 27.0 Å². The lowest BCUT2D eigenvalue weighted by Crippen LogP contribution is -2.08. The molecule has 23 heavy (non-hydrogen) atoms. The summed E-state index contributed by atoms with van der Waals surface area (Å²) >= 11 is 11.9. The Hall–Kier alpha value is -1.79. The Labute approximate surface area is 140 Å². The van der Waals surface area contributed by atoms with Crippen LogP contribution in [0.2, 0.25) is 10.0 Å². The minimum atomic E-state index is -4.50. The Morgan fingerprint density at radius 3 is 2.39 bits per heavy atom. The Morgan fingerprint density at radius 2 is 1.87 bits per heavy atom. The molecule has 1 heterocycles. The molecule has 0 unspecified atom stereocenters. The van der Waals surface area contributed by atoms with E-state index >= 15 is 0 Å². The van der Waals surface area contributed by atoms with Crippen molar-refractivity contribution in [3.8, 4) is 11.3 Å². The molecule has 0 bridgehead atoms. The van der Waals surface area contributed by atoms with Gasteiger partial charge in [-0.05, 0) is 30.7 Å².